The van der Waals surface area contributed by atoms with E-state index in [1.807, 2.05) is 38.1 Å². The highest BCUT2D eigenvalue weighted by molar-refractivity contribution is 7.89. The topological polar surface area (TPSA) is 66.5 Å². The van der Waals surface area contributed by atoms with Crippen molar-refractivity contribution in [2.45, 2.75) is 44.7 Å². The molecular formula is C21H28N2O3S. The first-order valence-electron chi connectivity index (χ1n) is 9.14. The highest BCUT2D eigenvalue weighted by Gasteiger charge is 2.30. The predicted octanol–water partition coefficient (Wildman–Crippen LogP) is 3.21. The lowest BCUT2D eigenvalue weighted by molar-refractivity contribution is -0.133. The first kappa shape index (κ1) is 21.1. The van der Waals surface area contributed by atoms with Gasteiger partial charge < -0.3 is 4.90 Å². The lowest BCUT2D eigenvalue weighted by Gasteiger charge is -2.27. The average Bonchev–Trinajstić information content (AvgIpc) is 2.66. The summed E-state index contributed by atoms with van der Waals surface area (Å²) in [7, 11) is -2.07. The molecule has 0 aliphatic rings. The largest absolute Gasteiger partial charge is 0.340 e. The van der Waals surface area contributed by atoms with E-state index in [9.17, 15) is 13.2 Å². The van der Waals surface area contributed by atoms with Crippen molar-refractivity contribution in [3.05, 3.63) is 65.7 Å². The van der Waals surface area contributed by atoms with Crippen LogP contribution in [0.15, 0.2) is 59.5 Å². The van der Waals surface area contributed by atoms with E-state index in [1.165, 1.54) is 17.7 Å². The summed E-state index contributed by atoms with van der Waals surface area (Å²) in [4.78, 5) is 14.6. The molecule has 0 bridgehead atoms. The predicted molar refractivity (Wildman–Crippen MR) is 108 cm³/mol. The van der Waals surface area contributed by atoms with E-state index < -0.39 is 16.1 Å². The van der Waals surface area contributed by atoms with Gasteiger partial charge in [-0.15, -0.1) is 0 Å². The van der Waals surface area contributed by atoms with Gasteiger partial charge in [-0.1, -0.05) is 63.2 Å². The molecule has 0 saturated heterocycles. The lowest BCUT2D eigenvalue weighted by Crippen LogP contribution is -2.49. The maximum Gasteiger partial charge on any atom is 0.241 e. The molecule has 2 aromatic carbocycles. The number of sulfonamides is 1. The minimum atomic E-state index is -3.76. The van der Waals surface area contributed by atoms with Crippen molar-refractivity contribution < 1.29 is 13.2 Å². The maximum atomic E-state index is 12.9. The number of hydrogen-bond acceptors (Lipinski definition) is 3. The molecule has 6 heteroatoms. The van der Waals surface area contributed by atoms with Crippen molar-refractivity contribution in [2.24, 2.45) is 5.92 Å². The molecule has 1 atom stereocenters. The van der Waals surface area contributed by atoms with E-state index in [1.54, 1.807) is 30.1 Å². The number of benzene rings is 2. The monoisotopic (exact) mass is 388 g/mol. The fourth-order valence-electron chi connectivity index (χ4n) is 2.78. The van der Waals surface area contributed by atoms with Gasteiger partial charge in [-0.25, -0.2) is 8.42 Å². The number of carbonyl (C=O) groups excluding carboxylic acids is 1. The van der Waals surface area contributed by atoms with Gasteiger partial charge in [0.25, 0.3) is 0 Å². The van der Waals surface area contributed by atoms with Gasteiger partial charge in [0.1, 0.15) is 6.04 Å². The van der Waals surface area contributed by atoms with Crippen LogP contribution in [-0.2, 0) is 27.8 Å². The Morgan fingerprint density at radius 1 is 1.00 bits per heavy atom. The zero-order valence-electron chi connectivity index (χ0n) is 16.3. The normalized spacial score (nSPS) is 12.8. The number of amides is 1. The number of likely N-dealkylation sites (N-methyl/N-ethyl adjacent to an activating group) is 1. The Hall–Kier alpha value is -2.18. The van der Waals surface area contributed by atoms with E-state index in [4.69, 9.17) is 0 Å². The van der Waals surface area contributed by atoms with Gasteiger partial charge in [0.15, 0.2) is 0 Å². The second kappa shape index (κ2) is 9.15. The zero-order chi connectivity index (χ0) is 20.0. The highest BCUT2D eigenvalue weighted by Crippen LogP contribution is 2.14. The lowest BCUT2D eigenvalue weighted by atomic mass is 10.0. The molecule has 2 aromatic rings. The van der Waals surface area contributed by atoms with Crippen LogP contribution in [-0.4, -0.2) is 32.3 Å². The Morgan fingerprint density at radius 3 is 2.07 bits per heavy atom. The van der Waals surface area contributed by atoms with Crippen LogP contribution in [0.25, 0.3) is 0 Å². The third kappa shape index (κ3) is 5.65. The zero-order valence-corrected chi connectivity index (χ0v) is 17.2. The van der Waals surface area contributed by atoms with Crippen LogP contribution in [0.5, 0.6) is 0 Å². The van der Waals surface area contributed by atoms with Crippen molar-refractivity contribution in [1.29, 1.82) is 0 Å². The summed E-state index contributed by atoms with van der Waals surface area (Å²) in [5.74, 6) is -0.426. The summed E-state index contributed by atoms with van der Waals surface area (Å²) in [6.45, 7) is 6.19. The van der Waals surface area contributed by atoms with Crippen molar-refractivity contribution in [2.75, 3.05) is 7.05 Å². The minimum absolute atomic E-state index is 0.154. The van der Waals surface area contributed by atoms with Crippen LogP contribution in [0.3, 0.4) is 0 Å². The summed E-state index contributed by atoms with van der Waals surface area (Å²) in [6.07, 6.45) is 0.964. The van der Waals surface area contributed by atoms with Crippen LogP contribution in [0.1, 0.15) is 31.9 Å². The molecule has 1 amide bonds. The summed E-state index contributed by atoms with van der Waals surface area (Å²) in [5, 5.41) is 0. The number of carbonyl (C=O) groups is 1. The molecule has 0 aliphatic carbocycles. The number of nitrogens with zero attached hydrogens (tertiary/aromatic N) is 1. The molecule has 5 nitrogen and oxygen atoms in total. The molecule has 0 radical (unpaired) electrons. The second-order valence-corrected chi connectivity index (χ2v) is 8.73. The molecule has 146 valence electrons. The van der Waals surface area contributed by atoms with Crippen molar-refractivity contribution in [3.63, 3.8) is 0 Å². The van der Waals surface area contributed by atoms with Gasteiger partial charge >= 0.3 is 0 Å². The molecule has 0 aliphatic heterocycles. The van der Waals surface area contributed by atoms with Crippen LogP contribution < -0.4 is 4.72 Å². The van der Waals surface area contributed by atoms with E-state index in [0.29, 0.717) is 6.54 Å². The Balaban J connectivity index is 2.13. The van der Waals surface area contributed by atoms with Crippen molar-refractivity contribution in [1.82, 2.24) is 9.62 Å². The standard InChI is InChI=1S/C21H28N2O3S/c1-5-17-11-13-18(14-12-17)15-23(4)21(24)20(16(2)3)22-27(25,26)19-9-7-6-8-10-19/h6-14,16,20,22H,5,15H2,1-4H3/t20-/m0/s1. The Kier molecular flexibility index (Phi) is 7.16. The van der Waals surface area contributed by atoms with E-state index >= 15 is 0 Å². The molecule has 0 fully saturated rings. The molecule has 0 heterocycles. The molecular weight excluding hydrogens is 360 g/mol. The Morgan fingerprint density at radius 2 is 1.56 bits per heavy atom. The van der Waals surface area contributed by atoms with E-state index in [2.05, 4.69) is 11.6 Å². The highest BCUT2D eigenvalue weighted by atomic mass is 32.2. The van der Waals surface area contributed by atoms with Gasteiger partial charge in [0.2, 0.25) is 15.9 Å². The number of nitrogens with one attached hydrogen (secondary N) is 1. The first-order valence-corrected chi connectivity index (χ1v) is 10.6. The fourth-order valence-corrected chi connectivity index (χ4v) is 4.13. The fraction of sp³-hybridized carbons (Fsp3) is 0.381. The second-order valence-electron chi connectivity index (χ2n) is 7.02. The summed E-state index contributed by atoms with van der Waals surface area (Å²) in [6, 6.07) is 15.4. The van der Waals surface area contributed by atoms with Gasteiger partial charge in [-0.2, -0.15) is 4.72 Å². The molecule has 0 unspecified atom stereocenters. The summed E-state index contributed by atoms with van der Waals surface area (Å²) < 4.78 is 27.8. The molecule has 0 aromatic heterocycles. The number of hydrogen-bond donors (Lipinski definition) is 1. The molecule has 2 rings (SSSR count). The van der Waals surface area contributed by atoms with Gasteiger partial charge in [0.05, 0.1) is 4.90 Å². The van der Waals surface area contributed by atoms with Crippen LogP contribution in [0, 0.1) is 5.92 Å². The molecule has 1 N–H and O–H groups in total. The average molecular weight is 389 g/mol. The Labute approximate surface area is 162 Å². The number of aryl methyl sites for hydroxylation is 1. The number of rotatable bonds is 8. The summed E-state index contributed by atoms with van der Waals surface area (Å²) >= 11 is 0. The molecule has 0 saturated carbocycles. The maximum absolute atomic E-state index is 12.9. The summed E-state index contributed by atoms with van der Waals surface area (Å²) in [5.41, 5.74) is 2.25. The van der Waals surface area contributed by atoms with Crippen LogP contribution in [0.2, 0.25) is 0 Å². The van der Waals surface area contributed by atoms with Gasteiger partial charge in [0, 0.05) is 13.6 Å². The van der Waals surface area contributed by atoms with E-state index in [-0.39, 0.29) is 16.7 Å². The smallest absolute Gasteiger partial charge is 0.241 e. The van der Waals surface area contributed by atoms with Gasteiger partial charge in [-0.05, 0) is 35.6 Å². The first-order chi connectivity index (χ1) is 12.7. The van der Waals surface area contributed by atoms with E-state index in [0.717, 1.165) is 12.0 Å². The third-order valence-corrected chi connectivity index (χ3v) is 5.95. The van der Waals surface area contributed by atoms with Crippen molar-refractivity contribution in [3.8, 4) is 0 Å². The van der Waals surface area contributed by atoms with Crippen LogP contribution >= 0.6 is 0 Å². The quantitative estimate of drug-likeness (QED) is 0.755. The SMILES string of the molecule is CCc1ccc(CN(C)C(=O)[C@@H](NS(=O)(=O)c2ccccc2)C(C)C)cc1. The third-order valence-electron chi connectivity index (χ3n) is 4.50. The van der Waals surface area contributed by atoms with Crippen LogP contribution in [0.4, 0.5) is 0 Å². The molecule has 27 heavy (non-hydrogen) atoms. The van der Waals surface area contributed by atoms with Gasteiger partial charge in [-0.3, -0.25) is 4.79 Å². The molecule has 0 spiro atoms. The van der Waals surface area contributed by atoms with Crippen molar-refractivity contribution >= 4 is 15.9 Å². The Bertz CT molecular complexity index is 847. The minimum Gasteiger partial charge on any atom is -0.340 e.